The summed E-state index contributed by atoms with van der Waals surface area (Å²) in [6, 6.07) is 8.07. The molecule has 0 bridgehead atoms. The molecule has 2 aromatic rings. The molecule has 1 atom stereocenters. The lowest BCUT2D eigenvalue weighted by Crippen LogP contribution is -2.18. The first-order valence-corrected chi connectivity index (χ1v) is 5.42. The largest absolute Gasteiger partial charge is 0.455 e. The van der Waals surface area contributed by atoms with Gasteiger partial charge in [0, 0.05) is 31.4 Å². The van der Waals surface area contributed by atoms with Gasteiger partial charge in [-0.05, 0) is 18.2 Å². The topological polar surface area (TPSA) is 65.7 Å². The number of ether oxygens (including phenoxy) is 2. The Hall–Kier alpha value is -2.30. The Bertz CT molecular complexity index is 629. The summed E-state index contributed by atoms with van der Waals surface area (Å²) in [6.45, 7) is 2.91. The highest BCUT2D eigenvalue weighted by Gasteiger charge is 2.08. The first kappa shape index (κ1) is 12.2. The van der Waals surface area contributed by atoms with Crippen molar-refractivity contribution >= 4 is 16.9 Å². The van der Waals surface area contributed by atoms with Gasteiger partial charge in [-0.1, -0.05) is 0 Å². The zero-order chi connectivity index (χ0) is 13.1. The third-order valence-electron chi connectivity index (χ3n) is 2.23. The molecule has 0 spiro atoms. The summed E-state index contributed by atoms with van der Waals surface area (Å²) in [5.41, 5.74) is 0.00251. The molecule has 0 aliphatic heterocycles. The average molecular weight is 248 g/mol. The molecule has 18 heavy (non-hydrogen) atoms. The predicted octanol–water partition coefficient (Wildman–Crippen LogP) is 2.08. The fourth-order valence-corrected chi connectivity index (χ4v) is 1.56. The minimum absolute atomic E-state index is 0.421. The Morgan fingerprint density at radius 3 is 2.72 bits per heavy atom. The Morgan fingerprint density at radius 1 is 1.28 bits per heavy atom. The van der Waals surface area contributed by atoms with E-state index in [2.05, 4.69) is 0 Å². The van der Waals surface area contributed by atoms with E-state index in [0.717, 1.165) is 5.39 Å². The van der Waals surface area contributed by atoms with Crippen molar-refractivity contribution in [2.24, 2.45) is 0 Å². The highest BCUT2D eigenvalue weighted by atomic mass is 16.7. The quantitative estimate of drug-likeness (QED) is 0.472. The number of esters is 1. The third kappa shape index (κ3) is 2.88. The smallest absolute Gasteiger partial charge is 0.336 e. The maximum Gasteiger partial charge on any atom is 0.336 e. The van der Waals surface area contributed by atoms with Gasteiger partial charge in [-0.2, -0.15) is 0 Å². The number of fused-ring (bicyclic) bond motifs is 1. The van der Waals surface area contributed by atoms with E-state index in [0.29, 0.717) is 11.3 Å². The second-order valence-corrected chi connectivity index (χ2v) is 3.75. The van der Waals surface area contributed by atoms with E-state index in [9.17, 15) is 9.59 Å². The van der Waals surface area contributed by atoms with Crippen molar-refractivity contribution in [1.82, 2.24) is 0 Å². The molecule has 0 aliphatic rings. The number of carbonyl (C=O) groups is 1. The van der Waals surface area contributed by atoms with E-state index < -0.39 is 17.9 Å². The fourth-order valence-electron chi connectivity index (χ4n) is 1.56. The lowest BCUT2D eigenvalue weighted by Gasteiger charge is -2.14. The first-order chi connectivity index (χ1) is 8.54. The van der Waals surface area contributed by atoms with Gasteiger partial charge in [0.05, 0.1) is 0 Å². The molecular formula is C13H12O5. The van der Waals surface area contributed by atoms with Gasteiger partial charge in [-0.15, -0.1) is 0 Å². The van der Waals surface area contributed by atoms with Crippen LogP contribution in [0, 0.1) is 0 Å². The molecule has 1 unspecified atom stereocenters. The van der Waals surface area contributed by atoms with Crippen LogP contribution in [0.3, 0.4) is 0 Å². The molecule has 0 N–H and O–H groups in total. The molecule has 0 radical (unpaired) electrons. The molecule has 94 valence electrons. The summed E-state index contributed by atoms with van der Waals surface area (Å²) in [7, 11) is 0. The molecular weight excluding hydrogens is 236 g/mol. The van der Waals surface area contributed by atoms with E-state index in [1.54, 1.807) is 31.2 Å². The Morgan fingerprint density at radius 2 is 2.00 bits per heavy atom. The monoisotopic (exact) mass is 248 g/mol. The lowest BCUT2D eigenvalue weighted by molar-refractivity contribution is -0.158. The van der Waals surface area contributed by atoms with Crippen LogP contribution < -0.4 is 10.4 Å². The van der Waals surface area contributed by atoms with Crippen molar-refractivity contribution < 1.29 is 18.7 Å². The van der Waals surface area contributed by atoms with Gasteiger partial charge >= 0.3 is 11.6 Å². The highest BCUT2D eigenvalue weighted by Crippen LogP contribution is 2.20. The summed E-state index contributed by atoms with van der Waals surface area (Å²) >= 11 is 0. The Kier molecular flexibility index (Phi) is 3.32. The zero-order valence-corrected chi connectivity index (χ0v) is 10.0. The number of hydrogen-bond donors (Lipinski definition) is 0. The minimum atomic E-state index is -0.699. The van der Waals surface area contributed by atoms with Crippen molar-refractivity contribution in [3.8, 4) is 5.75 Å². The van der Waals surface area contributed by atoms with Crippen LogP contribution in [0.25, 0.3) is 11.0 Å². The van der Waals surface area contributed by atoms with Crippen molar-refractivity contribution in [3.05, 3.63) is 40.8 Å². The highest BCUT2D eigenvalue weighted by molar-refractivity contribution is 5.77. The number of hydrogen-bond acceptors (Lipinski definition) is 5. The van der Waals surface area contributed by atoms with Crippen molar-refractivity contribution in [1.29, 1.82) is 0 Å². The van der Waals surface area contributed by atoms with Gasteiger partial charge in [0.25, 0.3) is 0 Å². The molecule has 1 aromatic heterocycles. The van der Waals surface area contributed by atoms with E-state index >= 15 is 0 Å². The van der Waals surface area contributed by atoms with E-state index in [-0.39, 0.29) is 0 Å². The molecule has 0 amide bonds. The second-order valence-electron chi connectivity index (χ2n) is 3.75. The van der Waals surface area contributed by atoms with E-state index in [1.165, 1.54) is 13.0 Å². The lowest BCUT2D eigenvalue weighted by atomic mass is 10.2. The number of carbonyl (C=O) groups excluding carboxylic acids is 1. The van der Waals surface area contributed by atoms with Crippen LogP contribution in [0.1, 0.15) is 13.8 Å². The molecule has 2 rings (SSSR count). The molecule has 0 aliphatic carbocycles. The molecule has 5 nitrogen and oxygen atoms in total. The molecule has 0 saturated carbocycles. The summed E-state index contributed by atoms with van der Waals surface area (Å²) in [6.07, 6.45) is -0.699. The maximum absolute atomic E-state index is 11.1. The molecule has 1 heterocycles. The van der Waals surface area contributed by atoms with Gasteiger partial charge in [0.1, 0.15) is 11.3 Å². The normalized spacial score (nSPS) is 12.1. The van der Waals surface area contributed by atoms with Crippen LogP contribution >= 0.6 is 0 Å². The van der Waals surface area contributed by atoms with Gasteiger partial charge in [0.2, 0.25) is 6.29 Å². The van der Waals surface area contributed by atoms with E-state index in [1.807, 2.05) is 0 Å². The predicted molar refractivity (Wildman–Crippen MR) is 64.3 cm³/mol. The van der Waals surface area contributed by atoms with Crippen LogP contribution in [-0.2, 0) is 9.53 Å². The van der Waals surface area contributed by atoms with Gasteiger partial charge in [-0.25, -0.2) is 4.79 Å². The first-order valence-electron chi connectivity index (χ1n) is 5.42. The van der Waals surface area contributed by atoms with E-state index in [4.69, 9.17) is 13.9 Å². The van der Waals surface area contributed by atoms with Gasteiger partial charge < -0.3 is 13.9 Å². The summed E-state index contributed by atoms with van der Waals surface area (Å²) in [4.78, 5) is 21.8. The Balaban J connectivity index is 2.24. The molecule has 0 saturated heterocycles. The van der Waals surface area contributed by atoms with Crippen molar-refractivity contribution in [2.45, 2.75) is 20.1 Å². The average Bonchev–Trinajstić information content (AvgIpc) is 2.27. The molecule has 5 heteroatoms. The second kappa shape index (κ2) is 4.91. The van der Waals surface area contributed by atoms with Crippen LogP contribution in [0.15, 0.2) is 39.5 Å². The van der Waals surface area contributed by atoms with Gasteiger partial charge in [0.15, 0.2) is 0 Å². The standard InChI is InChI=1S/C13H12O5/c1-8(14)16-9(2)17-11-5-3-10-4-6-13(15)18-12(10)7-11/h3-7,9H,1-2H3. The SMILES string of the molecule is CC(=O)OC(C)Oc1ccc2ccc(=O)oc2c1. The van der Waals surface area contributed by atoms with Crippen molar-refractivity contribution in [3.63, 3.8) is 0 Å². The number of rotatable bonds is 3. The third-order valence-corrected chi connectivity index (χ3v) is 2.23. The molecule has 0 fully saturated rings. The minimum Gasteiger partial charge on any atom is -0.455 e. The van der Waals surface area contributed by atoms with Crippen LogP contribution in [0.5, 0.6) is 5.75 Å². The maximum atomic E-state index is 11.1. The summed E-state index contributed by atoms with van der Waals surface area (Å²) < 4.78 is 15.2. The fraction of sp³-hybridized carbons (Fsp3) is 0.231. The van der Waals surface area contributed by atoms with Crippen LogP contribution in [0.2, 0.25) is 0 Å². The van der Waals surface area contributed by atoms with Crippen molar-refractivity contribution in [2.75, 3.05) is 0 Å². The molecule has 1 aromatic carbocycles. The Labute approximate surface area is 103 Å². The van der Waals surface area contributed by atoms with Gasteiger partial charge in [-0.3, -0.25) is 4.79 Å². The number of benzene rings is 1. The zero-order valence-electron chi connectivity index (χ0n) is 10.0. The summed E-state index contributed by atoms with van der Waals surface area (Å²) in [5, 5.41) is 0.794. The van der Waals surface area contributed by atoms with Crippen LogP contribution in [0.4, 0.5) is 0 Å². The van der Waals surface area contributed by atoms with Crippen LogP contribution in [-0.4, -0.2) is 12.3 Å². The summed E-state index contributed by atoms with van der Waals surface area (Å²) in [5.74, 6) is 0.0421.